The third-order valence-electron chi connectivity index (χ3n) is 1.54. The summed E-state index contributed by atoms with van der Waals surface area (Å²) >= 11 is 4.88. The van der Waals surface area contributed by atoms with Crippen molar-refractivity contribution in [2.45, 2.75) is 6.54 Å². The molecule has 13 heavy (non-hydrogen) atoms. The number of nitrogens with zero attached hydrogens (tertiary/aromatic N) is 1. The van der Waals surface area contributed by atoms with E-state index in [2.05, 4.69) is 4.98 Å². The first kappa shape index (κ1) is 10.0. The summed E-state index contributed by atoms with van der Waals surface area (Å²) in [6, 6.07) is 2.73. The van der Waals surface area contributed by atoms with Crippen molar-refractivity contribution in [1.29, 1.82) is 0 Å². The van der Waals surface area contributed by atoms with Gasteiger partial charge in [-0.25, -0.2) is 4.98 Å². The molecule has 2 N–H and O–H groups in total. The first-order valence-corrected chi connectivity index (χ1v) is 4.03. The Morgan fingerprint density at radius 2 is 2.38 bits per heavy atom. The number of rotatable bonds is 2. The highest BCUT2D eigenvalue weighted by atomic mass is 32.1. The first-order valence-electron chi connectivity index (χ1n) is 3.63. The van der Waals surface area contributed by atoms with E-state index in [-0.39, 0.29) is 11.6 Å². The molecule has 70 valence electrons. The van der Waals surface area contributed by atoms with Crippen LogP contribution in [-0.4, -0.2) is 17.1 Å². The van der Waals surface area contributed by atoms with Crippen LogP contribution in [0.4, 0.5) is 4.39 Å². The summed E-state index contributed by atoms with van der Waals surface area (Å²) in [7, 11) is 1.45. The minimum absolute atomic E-state index is 0.136. The molecule has 5 heteroatoms. The summed E-state index contributed by atoms with van der Waals surface area (Å²) < 4.78 is 17.5. The quantitative estimate of drug-likeness (QED) is 0.571. The number of pyridine rings is 1. The molecule has 0 aromatic carbocycles. The molecule has 0 saturated carbocycles. The van der Waals surface area contributed by atoms with Gasteiger partial charge in [-0.15, -0.1) is 0 Å². The Balaban J connectivity index is 3.13. The van der Waals surface area contributed by atoms with E-state index >= 15 is 0 Å². The van der Waals surface area contributed by atoms with Crippen molar-refractivity contribution in [3.63, 3.8) is 0 Å². The lowest BCUT2D eigenvalue weighted by Crippen LogP contribution is -2.11. The molecule has 0 aliphatic carbocycles. The Bertz CT molecular complexity index is 330. The Kier molecular flexibility index (Phi) is 3.27. The molecule has 0 fully saturated rings. The van der Waals surface area contributed by atoms with Gasteiger partial charge in [0.15, 0.2) is 5.05 Å². The third-order valence-corrected chi connectivity index (χ3v) is 1.93. The normalized spacial score (nSPS) is 9.77. The van der Waals surface area contributed by atoms with Crippen molar-refractivity contribution in [2.24, 2.45) is 5.73 Å². The number of hydrogen-bond donors (Lipinski definition) is 1. The lowest BCUT2D eigenvalue weighted by Gasteiger charge is -2.06. The largest absolute Gasteiger partial charge is 0.486 e. The van der Waals surface area contributed by atoms with E-state index in [9.17, 15) is 4.39 Å². The zero-order chi connectivity index (χ0) is 9.84. The molecule has 0 aliphatic heterocycles. The average Bonchev–Trinajstić information content (AvgIpc) is 2.16. The van der Waals surface area contributed by atoms with Gasteiger partial charge in [-0.1, -0.05) is 0 Å². The number of thiocarbonyl (C=S) groups is 1. The molecule has 1 aromatic rings. The minimum Gasteiger partial charge on any atom is -0.486 e. The Morgan fingerprint density at radius 3 is 2.92 bits per heavy atom. The maximum atomic E-state index is 12.7. The molecule has 1 aromatic heterocycles. The predicted octanol–water partition coefficient (Wildman–Crippen LogP) is 1.00. The zero-order valence-corrected chi connectivity index (χ0v) is 7.90. The van der Waals surface area contributed by atoms with Crippen molar-refractivity contribution >= 4 is 17.3 Å². The molecule has 3 nitrogen and oxygen atoms in total. The van der Waals surface area contributed by atoms with Crippen LogP contribution in [0.25, 0.3) is 0 Å². The van der Waals surface area contributed by atoms with Gasteiger partial charge in [-0.05, 0) is 24.4 Å². The van der Waals surface area contributed by atoms with E-state index < -0.39 is 5.95 Å². The van der Waals surface area contributed by atoms with E-state index in [4.69, 9.17) is 22.7 Å². The molecule has 0 amide bonds. The topological polar surface area (TPSA) is 48.1 Å². The summed E-state index contributed by atoms with van der Waals surface area (Å²) in [6.07, 6.45) is 0. The molecule has 0 aliphatic rings. The fourth-order valence-corrected chi connectivity index (χ4v) is 1.11. The van der Waals surface area contributed by atoms with Crippen molar-refractivity contribution in [2.75, 3.05) is 7.11 Å². The predicted molar refractivity (Wildman–Crippen MR) is 50.8 cm³/mol. The Labute approximate surface area is 80.7 Å². The van der Waals surface area contributed by atoms with Gasteiger partial charge in [-0.2, -0.15) is 4.39 Å². The van der Waals surface area contributed by atoms with Crippen LogP contribution in [0.3, 0.4) is 0 Å². The van der Waals surface area contributed by atoms with Gasteiger partial charge in [0.1, 0.15) is 0 Å². The van der Waals surface area contributed by atoms with Gasteiger partial charge < -0.3 is 10.5 Å². The lowest BCUT2D eigenvalue weighted by molar-refractivity contribution is 0.415. The molecule has 0 bridgehead atoms. The van der Waals surface area contributed by atoms with Gasteiger partial charge in [0.2, 0.25) is 5.95 Å². The zero-order valence-electron chi connectivity index (χ0n) is 7.08. The number of methoxy groups -OCH3 is 1. The first-order chi connectivity index (χ1) is 6.19. The molecule has 0 unspecified atom stereocenters. The lowest BCUT2D eigenvalue weighted by atomic mass is 10.2. The van der Waals surface area contributed by atoms with Gasteiger partial charge >= 0.3 is 0 Å². The molecule has 0 saturated heterocycles. The number of nitrogens with two attached hydrogens (primary N) is 1. The van der Waals surface area contributed by atoms with Gasteiger partial charge in [-0.3, -0.25) is 0 Å². The van der Waals surface area contributed by atoms with Crippen molar-refractivity contribution in [3.05, 3.63) is 29.3 Å². The fourth-order valence-electron chi connectivity index (χ4n) is 0.926. The van der Waals surface area contributed by atoms with Crippen LogP contribution < -0.4 is 5.73 Å². The summed E-state index contributed by atoms with van der Waals surface area (Å²) in [5.41, 5.74) is 6.35. The molecule has 1 heterocycles. The molecular formula is C8H9FN2OS. The van der Waals surface area contributed by atoms with Crippen molar-refractivity contribution in [3.8, 4) is 0 Å². The summed E-state index contributed by atoms with van der Waals surface area (Å²) in [4.78, 5) is 3.60. The molecule has 0 spiro atoms. The molecule has 1 rings (SSSR count). The van der Waals surface area contributed by atoms with E-state index in [1.165, 1.54) is 19.2 Å². The van der Waals surface area contributed by atoms with Crippen LogP contribution in [0.2, 0.25) is 0 Å². The van der Waals surface area contributed by atoms with Gasteiger partial charge in [0.25, 0.3) is 0 Å². The van der Waals surface area contributed by atoms with E-state index in [1.807, 2.05) is 0 Å². The Morgan fingerprint density at radius 1 is 1.69 bits per heavy atom. The average molecular weight is 200 g/mol. The summed E-state index contributed by atoms with van der Waals surface area (Å²) in [5, 5.41) is 0.271. The minimum atomic E-state index is -0.567. The second kappa shape index (κ2) is 4.25. The number of aromatic nitrogens is 1. The smallest absolute Gasteiger partial charge is 0.213 e. The summed E-state index contributed by atoms with van der Waals surface area (Å²) in [6.45, 7) is 0.136. The molecule has 0 atom stereocenters. The second-order valence-corrected chi connectivity index (χ2v) is 2.69. The van der Waals surface area contributed by atoms with Crippen LogP contribution in [0, 0.1) is 5.95 Å². The standard InChI is InChI=1S/C8H9FN2OS/c1-12-8(13)5-2-3-7(9)11-6(5)4-10/h2-3H,4,10H2,1H3. The second-order valence-electron chi connectivity index (χ2n) is 2.32. The van der Waals surface area contributed by atoms with Crippen molar-refractivity contribution in [1.82, 2.24) is 4.98 Å². The van der Waals surface area contributed by atoms with Crippen molar-refractivity contribution < 1.29 is 9.13 Å². The highest BCUT2D eigenvalue weighted by Crippen LogP contribution is 2.08. The SMILES string of the molecule is COC(=S)c1ccc(F)nc1CN. The third kappa shape index (κ3) is 2.19. The van der Waals surface area contributed by atoms with Crippen LogP contribution >= 0.6 is 12.2 Å². The number of ether oxygens (including phenoxy) is 1. The van der Waals surface area contributed by atoms with Crippen LogP contribution in [0.1, 0.15) is 11.3 Å². The van der Waals surface area contributed by atoms with Crippen LogP contribution in [-0.2, 0) is 11.3 Å². The highest BCUT2D eigenvalue weighted by molar-refractivity contribution is 7.80. The molecular weight excluding hydrogens is 191 g/mol. The Hall–Kier alpha value is -1.07. The van der Waals surface area contributed by atoms with Crippen LogP contribution in [0.5, 0.6) is 0 Å². The van der Waals surface area contributed by atoms with E-state index in [0.29, 0.717) is 11.3 Å². The highest BCUT2D eigenvalue weighted by Gasteiger charge is 2.08. The van der Waals surface area contributed by atoms with Gasteiger partial charge in [0, 0.05) is 6.54 Å². The van der Waals surface area contributed by atoms with E-state index in [1.54, 1.807) is 0 Å². The fraction of sp³-hybridized carbons (Fsp3) is 0.250. The maximum absolute atomic E-state index is 12.7. The monoisotopic (exact) mass is 200 g/mol. The van der Waals surface area contributed by atoms with Crippen LogP contribution in [0.15, 0.2) is 12.1 Å². The number of halogens is 1. The van der Waals surface area contributed by atoms with Gasteiger partial charge in [0.05, 0.1) is 18.4 Å². The summed E-state index contributed by atoms with van der Waals surface area (Å²) in [5.74, 6) is -0.567. The number of hydrogen-bond acceptors (Lipinski definition) is 4. The van der Waals surface area contributed by atoms with E-state index in [0.717, 1.165) is 0 Å². The maximum Gasteiger partial charge on any atom is 0.213 e. The molecule has 0 radical (unpaired) electrons.